The molecule has 2 heterocycles. The molecule has 7 nitrogen and oxygen atoms in total. The van der Waals surface area contributed by atoms with E-state index < -0.39 is 30.5 Å². The molecule has 1 aliphatic heterocycles. The Bertz CT molecular complexity index is 923. The highest BCUT2D eigenvalue weighted by atomic mass is 35.5. The van der Waals surface area contributed by atoms with Gasteiger partial charge in [0.05, 0.1) is 21.1 Å². The Kier molecular flexibility index (Phi) is 5.35. The summed E-state index contributed by atoms with van der Waals surface area (Å²) in [6.45, 7) is 0.981. The van der Waals surface area contributed by atoms with Crippen LogP contribution < -0.4 is 0 Å². The molecule has 10 heteroatoms. The average molecular weight is 420 g/mol. The number of carbonyl (C=O) groups is 1. The van der Waals surface area contributed by atoms with Crippen molar-refractivity contribution in [2.45, 2.75) is 31.5 Å². The van der Waals surface area contributed by atoms with Crippen LogP contribution in [0.2, 0.25) is 15.2 Å². The van der Waals surface area contributed by atoms with Crippen molar-refractivity contribution in [3.05, 3.63) is 32.9 Å². The quantitative estimate of drug-likeness (QED) is 0.741. The zero-order valence-corrected chi connectivity index (χ0v) is 15.6. The van der Waals surface area contributed by atoms with Gasteiger partial charge in [-0.3, -0.25) is 4.79 Å². The Morgan fingerprint density at radius 2 is 1.96 bits per heavy atom. The normalized spacial score (nSPS) is 25.4. The number of esters is 1. The molecule has 2 N–H and O–H groups in total. The summed E-state index contributed by atoms with van der Waals surface area (Å²) in [6.07, 6.45) is -4.76. The predicted molar refractivity (Wildman–Crippen MR) is 94.2 cm³/mol. The maximum atomic E-state index is 11.0. The molecule has 1 saturated heterocycles. The Hall–Kier alpha value is -1.53. The van der Waals surface area contributed by atoms with Crippen molar-refractivity contribution in [1.29, 1.82) is 5.26 Å². The molecule has 0 saturated carbocycles. The van der Waals surface area contributed by atoms with Crippen LogP contribution in [-0.2, 0) is 14.3 Å². The highest BCUT2D eigenvalue weighted by molar-refractivity contribution is 6.43. The lowest BCUT2D eigenvalue weighted by atomic mass is 10.1. The van der Waals surface area contributed by atoms with Gasteiger partial charge in [-0.1, -0.05) is 34.8 Å². The van der Waals surface area contributed by atoms with E-state index in [1.807, 2.05) is 6.07 Å². The molecule has 1 aromatic carbocycles. The number of rotatable bonds is 3. The molecule has 0 aliphatic carbocycles. The largest absolute Gasteiger partial charge is 0.463 e. The number of nitriles is 1. The monoisotopic (exact) mass is 418 g/mol. The van der Waals surface area contributed by atoms with E-state index in [0.717, 1.165) is 0 Å². The number of nitrogens with zero attached hydrogens (tertiary/aromatic N) is 2. The third-order valence-electron chi connectivity index (χ3n) is 4.14. The SMILES string of the molecule is CC(=O)OC[C@H]1O[C@@H](n2c(Cl)c(C#N)c3cc(Cl)c(Cl)cc32)C(O)C1O. The Balaban J connectivity index is 2.08. The number of hydrogen-bond donors (Lipinski definition) is 2. The van der Waals surface area contributed by atoms with Gasteiger partial charge < -0.3 is 24.3 Å². The minimum Gasteiger partial charge on any atom is -0.463 e. The first-order valence-corrected chi connectivity index (χ1v) is 8.63. The second-order valence-corrected chi connectivity index (χ2v) is 6.95. The maximum absolute atomic E-state index is 11.0. The molecule has 0 amide bonds. The molecule has 1 aliphatic rings. The van der Waals surface area contributed by atoms with Gasteiger partial charge in [-0.05, 0) is 12.1 Å². The number of carbonyl (C=O) groups excluding carboxylic acids is 1. The summed E-state index contributed by atoms with van der Waals surface area (Å²) < 4.78 is 11.9. The molecule has 2 unspecified atom stereocenters. The van der Waals surface area contributed by atoms with Crippen LogP contribution in [0.4, 0.5) is 0 Å². The summed E-state index contributed by atoms with van der Waals surface area (Å²) in [6, 6.07) is 4.97. The topological polar surface area (TPSA) is 105 Å². The standard InChI is InChI=1S/C16H13Cl3N2O5/c1-6(22)25-5-12-13(23)14(24)16(26-12)21-11-3-10(18)9(17)2-7(11)8(4-20)15(21)19/h2-3,12-14,16,23-24H,5H2,1H3/t12-,13?,14?,16-/m1/s1. The van der Waals surface area contributed by atoms with Crippen LogP contribution in [0.15, 0.2) is 12.1 Å². The van der Waals surface area contributed by atoms with Crippen LogP contribution in [0.25, 0.3) is 10.9 Å². The van der Waals surface area contributed by atoms with Gasteiger partial charge in [-0.25, -0.2) is 0 Å². The number of fused-ring (bicyclic) bond motifs is 1. The van der Waals surface area contributed by atoms with Crippen LogP contribution in [0.3, 0.4) is 0 Å². The van der Waals surface area contributed by atoms with Gasteiger partial charge in [0.25, 0.3) is 0 Å². The molecule has 26 heavy (non-hydrogen) atoms. The number of benzene rings is 1. The van der Waals surface area contributed by atoms with Gasteiger partial charge >= 0.3 is 5.97 Å². The minimum absolute atomic E-state index is 0.00483. The third-order valence-corrected chi connectivity index (χ3v) is 5.23. The fourth-order valence-electron chi connectivity index (χ4n) is 2.91. The fourth-order valence-corrected chi connectivity index (χ4v) is 3.56. The van der Waals surface area contributed by atoms with Gasteiger partial charge in [0.2, 0.25) is 0 Å². The van der Waals surface area contributed by atoms with Crippen molar-refractivity contribution < 1.29 is 24.5 Å². The van der Waals surface area contributed by atoms with Crippen molar-refractivity contribution in [2.75, 3.05) is 6.61 Å². The summed E-state index contributed by atoms with van der Waals surface area (Å²) in [5.74, 6) is -0.545. The molecule has 138 valence electrons. The van der Waals surface area contributed by atoms with Crippen molar-refractivity contribution in [2.24, 2.45) is 0 Å². The molecule has 1 aromatic heterocycles. The van der Waals surface area contributed by atoms with E-state index in [9.17, 15) is 20.3 Å². The first kappa shape index (κ1) is 19.2. The van der Waals surface area contributed by atoms with E-state index >= 15 is 0 Å². The van der Waals surface area contributed by atoms with Crippen molar-refractivity contribution >= 4 is 51.7 Å². The third kappa shape index (κ3) is 3.14. The van der Waals surface area contributed by atoms with Crippen LogP contribution in [0.5, 0.6) is 0 Å². The zero-order valence-electron chi connectivity index (χ0n) is 13.3. The van der Waals surface area contributed by atoms with Gasteiger partial charge in [0.1, 0.15) is 36.1 Å². The van der Waals surface area contributed by atoms with E-state index in [-0.39, 0.29) is 27.4 Å². The molecule has 4 atom stereocenters. The molecular weight excluding hydrogens is 407 g/mol. The Morgan fingerprint density at radius 3 is 2.58 bits per heavy atom. The number of aromatic nitrogens is 1. The first-order chi connectivity index (χ1) is 12.3. The predicted octanol–water partition coefficient (Wildman–Crippen LogP) is 2.66. The molecule has 2 aromatic rings. The van der Waals surface area contributed by atoms with Crippen LogP contribution >= 0.6 is 34.8 Å². The molecule has 0 bridgehead atoms. The average Bonchev–Trinajstić information content (AvgIpc) is 3.00. The van der Waals surface area contributed by atoms with Crippen LogP contribution in [0, 0.1) is 11.3 Å². The fraction of sp³-hybridized carbons (Fsp3) is 0.375. The van der Waals surface area contributed by atoms with E-state index in [4.69, 9.17) is 44.3 Å². The zero-order chi connectivity index (χ0) is 19.2. The number of halogens is 3. The molecule has 1 fully saturated rings. The number of hydrogen-bond acceptors (Lipinski definition) is 6. The highest BCUT2D eigenvalue weighted by Gasteiger charge is 2.45. The van der Waals surface area contributed by atoms with Crippen molar-refractivity contribution in [3.63, 3.8) is 0 Å². The minimum atomic E-state index is -1.37. The molecular formula is C16H13Cl3N2O5. The van der Waals surface area contributed by atoms with E-state index in [1.54, 1.807) is 0 Å². The lowest BCUT2D eigenvalue weighted by Gasteiger charge is -2.19. The second kappa shape index (κ2) is 7.24. The Morgan fingerprint density at radius 1 is 1.31 bits per heavy atom. The lowest BCUT2D eigenvalue weighted by Crippen LogP contribution is -2.34. The van der Waals surface area contributed by atoms with E-state index in [0.29, 0.717) is 10.9 Å². The summed E-state index contributed by atoms with van der Waals surface area (Å²) >= 11 is 18.4. The van der Waals surface area contributed by atoms with Gasteiger partial charge in [0, 0.05) is 12.3 Å². The first-order valence-electron chi connectivity index (χ1n) is 7.49. The summed E-state index contributed by atoms with van der Waals surface area (Å²) in [7, 11) is 0. The smallest absolute Gasteiger partial charge is 0.302 e. The summed E-state index contributed by atoms with van der Waals surface area (Å²) in [4.78, 5) is 11.0. The molecule has 0 spiro atoms. The molecule has 0 radical (unpaired) electrons. The summed E-state index contributed by atoms with van der Waals surface area (Å²) in [5, 5.41) is 30.9. The van der Waals surface area contributed by atoms with Crippen LogP contribution in [-0.4, -0.2) is 45.7 Å². The maximum Gasteiger partial charge on any atom is 0.302 e. The Labute approximate surface area is 163 Å². The number of aliphatic hydroxyl groups excluding tert-OH is 2. The van der Waals surface area contributed by atoms with Gasteiger partial charge in [-0.2, -0.15) is 5.26 Å². The van der Waals surface area contributed by atoms with E-state index in [2.05, 4.69) is 0 Å². The van der Waals surface area contributed by atoms with Crippen molar-refractivity contribution in [3.8, 4) is 6.07 Å². The van der Waals surface area contributed by atoms with E-state index in [1.165, 1.54) is 23.6 Å². The summed E-state index contributed by atoms with van der Waals surface area (Å²) in [5.41, 5.74) is 0.541. The van der Waals surface area contributed by atoms with Crippen LogP contribution in [0.1, 0.15) is 18.7 Å². The van der Waals surface area contributed by atoms with Crippen molar-refractivity contribution in [1.82, 2.24) is 4.57 Å². The second-order valence-electron chi connectivity index (χ2n) is 5.78. The lowest BCUT2D eigenvalue weighted by molar-refractivity contribution is -0.147. The number of aliphatic hydroxyl groups is 2. The highest BCUT2D eigenvalue weighted by Crippen LogP contribution is 2.41. The molecule has 3 rings (SSSR count). The number of ether oxygens (including phenoxy) is 2. The van der Waals surface area contributed by atoms with Gasteiger partial charge in [-0.15, -0.1) is 0 Å². The van der Waals surface area contributed by atoms with Gasteiger partial charge in [0.15, 0.2) is 6.23 Å².